The highest BCUT2D eigenvalue weighted by Gasteiger charge is 2.17. The van der Waals surface area contributed by atoms with E-state index in [4.69, 9.17) is 0 Å². The maximum atomic E-state index is 3.60. The summed E-state index contributed by atoms with van der Waals surface area (Å²) in [5.74, 6) is 0. The summed E-state index contributed by atoms with van der Waals surface area (Å²) in [5.41, 5.74) is 6.45. The van der Waals surface area contributed by atoms with Crippen molar-refractivity contribution < 1.29 is 0 Å². The standard InChI is InChI=1S/C16H26N4/c1-18-10-12-20(13-11-18)17-14-15-6-2-3-7-16(15)19-8-4-5-9-19/h2-3,6-7,17H,4-5,8-14H2,1H3. The van der Waals surface area contributed by atoms with Crippen molar-refractivity contribution in [3.8, 4) is 0 Å². The lowest BCUT2D eigenvalue weighted by Crippen LogP contribution is -2.50. The van der Waals surface area contributed by atoms with Crippen molar-refractivity contribution in [3.05, 3.63) is 29.8 Å². The number of nitrogens with zero attached hydrogens (tertiary/aromatic N) is 3. The normalized spacial score (nSPS) is 21.6. The second kappa shape index (κ2) is 6.57. The maximum Gasteiger partial charge on any atom is 0.0412 e. The van der Waals surface area contributed by atoms with E-state index in [1.165, 1.54) is 37.2 Å². The predicted molar refractivity (Wildman–Crippen MR) is 83.8 cm³/mol. The number of benzene rings is 1. The number of likely N-dealkylation sites (N-methyl/N-ethyl adjacent to an activating group) is 1. The zero-order valence-corrected chi connectivity index (χ0v) is 12.5. The lowest BCUT2D eigenvalue weighted by molar-refractivity contribution is 0.102. The molecule has 0 aromatic heterocycles. The highest BCUT2D eigenvalue weighted by atomic mass is 15.5. The van der Waals surface area contributed by atoms with E-state index in [0.717, 1.165) is 32.7 Å². The number of rotatable bonds is 4. The first kappa shape index (κ1) is 13.9. The number of para-hydroxylation sites is 1. The van der Waals surface area contributed by atoms with Gasteiger partial charge < -0.3 is 9.80 Å². The number of piperazine rings is 1. The van der Waals surface area contributed by atoms with Crippen molar-refractivity contribution in [2.45, 2.75) is 19.4 Å². The quantitative estimate of drug-likeness (QED) is 0.899. The van der Waals surface area contributed by atoms with Gasteiger partial charge in [0, 0.05) is 51.5 Å². The third-order valence-electron chi connectivity index (χ3n) is 4.43. The molecule has 0 saturated carbocycles. The predicted octanol–water partition coefficient (Wildman–Crippen LogP) is 1.54. The Morgan fingerprint density at radius 3 is 2.40 bits per heavy atom. The van der Waals surface area contributed by atoms with Crippen LogP contribution in [0.25, 0.3) is 0 Å². The van der Waals surface area contributed by atoms with Crippen LogP contribution in [-0.2, 0) is 6.54 Å². The molecular weight excluding hydrogens is 248 g/mol. The third kappa shape index (κ3) is 3.32. The fraction of sp³-hybridized carbons (Fsp3) is 0.625. The van der Waals surface area contributed by atoms with Gasteiger partial charge in [0.1, 0.15) is 0 Å². The Balaban J connectivity index is 1.59. The van der Waals surface area contributed by atoms with Gasteiger partial charge in [-0.1, -0.05) is 18.2 Å². The van der Waals surface area contributed by atoms with E-state index in [0.29, 0.717) is 0 Å². The zero-order chi connectivity index (χ0) is 13.8. The summed E-state index contributed by atoms with van der Waals surface area (Å²) in [4.78, 5) is 4.91. The van der Waals surface area contributed by atoms with Crippen LogP contribution in [0.15, 0.2) is 24.3 Å². The Bertz CT molecular complexity index is 420. The molecule has 110 valence electrons. The van der Waals surface area contributed by atoms with Crippen LogP contribution in [0.5, 0.6) is 0 Å². The summed E-state index contributed by atoms with van der Waals surface area (Å²) >= 11 is 0. The Hall–Kier alpha value is -1.10. The minimum atomic E-state index is 0.941. The van der Waals surface area contributed by atoms with Gasteiger partial charge in [-0.3, -0.25) is 5.43 Å². The van der Waals surface area contributed by atoms with Crippen LogP contribution < -0.4 is 10.3 Å². The second-order valence-corrected chi connectivity index (χ2v) is 5.95. The van der Waals surface area contributed by atoms with Crippen molar-refractivity contribution >= 4 is 5.69 Å². The van der Waals surface area contributed by atoms with Crippen LogP contribution in [0.3, 0.4) is 0 Å². The molecule has 2 aliphatic heterocycles. The van der Waals surface area contributed by atoms with Crippen molar-refractivity contribution in [1.82, 2.24) is 15.3 Å². The molecule has 2 saturated heterocycles. The topological polar surface area (TPSA) is 21.8 Å². The minimum Gasteiger partial charge on any atom is -0.371 e. The van der Waals surface area contributed by atoms with Gasteiger partial charge in [0.2, 0.25) is 0 Å². The Morgan fingerprint density at radius 2 is 1.65 bits per heavy atom. The molecule has 2 fully saturated rings. The number of anilines is 1. The maximum absolute atomic E-state index is 3.60. The van der Waals surface area contributed by atoms with Crippen LogP contribution in [0.2, 0.25) is 0 Å². The lowest BCUT2D eigenvalue weighted by atomic mass is 10.1. The molecule has 0 bridgehead atoms. The van der Waals surface area contributed by atoms with Crippen LogP contribution in [0, 0.1) is 0 Å². The summed E-state index contributed by atoms with van der Waals surface area (Å²) in [5, 5.41) is 2.36. The minimum absolute atomic E-state index is 0.941. The molecule has 0 spiro atoms. The van der Waals surface area contributed by atoms with Crippen molar-refractivity contribution in [3.63, 3.8) is 0 Å². The van der Waals surface area contributed by atoms with Crippen molar-refractivity contribution in [2.75, 3.05) is 51.2 Å². The fourth-order valence-corrected chi connectivity index (χ4v) is 3.09. The van der Waals surface area contributed by atoms with E-state index in [9.17, 15) is 0 Å². The highest BCUT2D eigenvalue weighted by molar-refractivity contribution is 5.54. The molecule has 1 aromatic rings. The van der Waals surface area contributed by atoms with Crippen LogP contribution in [0.1, 0.15) is 18.4 Å². The molecule has 20 heavy (non-hydrogen) atoms. The van der Waals surface area contributed by atoms with Crippen LogP contribution in [0.4, 0.5) is 5.69 Å². The first-order valence-corrected chi connectivity index (χ1v) is 7.83. The van der Waals surface area contributed by atoms with Gasteiger partial charge in [-0.25, -0.2) is 5.01 Å². The molecule has 0 unspecified atom stereocenters. The first-order chi connectivity index (χ1) is 9.83. The van der Waals surface area contributed by atoms with Gasteiger partial charge in [-0.05, 0) is 31.5 Å². The number of hydrogen-bond donors (Lipinski definition) is 1. The van der Waals surface area contributed by atoms with Gasteiger partial charge in [-0.15, -0.1) is 0 Å². The van der Waals surface area contributed by atoms with E-state index >= 15 is 0 Å². The monoisotopic (exact) mass is 274 g/mol. The Kier molecular flexibility index (Phi) is 4.55. The van der Waals surface area contributed by atoms with E-state index < -0.39 is 0 Å². The molecule has 1 aromatic carbocycles. The Labute approximate surface area is 122 Å². The molecule has 4 nitrogen and oxygen atoms in total. The van der Waals surface area contributed by atoms with Gasteiger partial charge in [0.25, 0.3) is 0 Å². The summed E-state index contributed by atoms with van der Waals surface area (Å²) in [7, 11) is 2.19. The fourth-order valence-electron chi connectivity index (χ4n) is 3.09. The lowest BCUT2D eigenvalue weighted by Gasteiger charge is -2.33. The smallest absolute Gasteiger partial charge is 0.0412 e. The number of hydrazine groups is 1. The number of nitrogens with one attached hydrogen (secondary N) is 1. The summed E-state index contributed by atoms with van der Waals surface area (Å²) < 4.78 is 0. The molecule has 0 atom stereocenters. The summed E-state index contributed by atoms with van der Waals surface area (Å²) in [6.07, 6.45) is 2.67. The van der Waals surface area contributed by atoms with E-state index in [1.807, 2.05) is 0 Å². The molecule has 2 heterocycles. The van der Waals surface area contributed by atoms with Gasteiger partial charge >= 0.3 is 0 Å². The summed E-state index contributed by atoms with van der Waals surface area (Å²) in [6, 6.07) is 8.84. The Morgan fingerprint density at radius 1 is 0.950 bits per heavy atom. The average molecular weight is 274 g/mol. The zero-order valence-electron chi connectivity index (χ0n) is 12.5. The average Bonchev–Trinajstić information content (AvgIpc) is 3.01. The van der Waals surface area contributed by atoms with Gasteiger partial charge in [0.15, 0.2) is 0 Å². The highest BCUT2D eigenvalue weighted by Crippen LogP contribution is 2.24. The third-order valence-corrected chi connectivity index (χ3v) is 4.43. The molecule has 1 N–H and O–H groups in total. The van der Waals surface area contributed by atoms with Crippen molar-refractivity contribution in [2.24, 2.45) is 0 Å². The first-order valence-electron chi connectivity index (χ1n) is 7.83. The largest absolute Gasteiger partial charge is 0.371 e. The second-order valence-electron chi connectivity index (χ2n) is 5.95. The van der Waals surface area contributed by atoms with E-state index in [2.05, 4.69) is 51.5 Å². The molecule has 0 aliphatic carbocycles. The molecule has 3 rings (SSSR count). The van der Waals surface area contributed by atoms with Crippen molar-refractivity contribution in [1.29, 1.82) is 0 Å². The number of hydrogen-bond acceptors (Lipinski definition) is 4. The van der Waals surface area contributed by atoms with E-state index in [-0.39, 0.29) is 0 Å². The summed E-state index contributed by atoms with van der Waals surface area (Å²) in [6.45, 7) is 7.90. The van der Waals surface area contributed by atoms with Gasteiger partial charge in [0.05, 0.1) is 0 Å². The van der Waals surface area contributed by atoms with Crippen LogP contribution in [-0.4, -0.2) is 56.2 Å². The molecule has 0 radical (unpaired) electrons. The SMILES string of the molecule is CN1CCN(NCc2ccccc2N2CCCC2)CC1. The molecular formula is C16H26N4. The van der Waals surface area contributed by atoms with Crippen LogP contribution >= 0.6 is 0 Å². The molecule has 4 heteroatoms. The molecule has 0 amide bonds. The van der Waals surface area contributed by atoms with E-state index in [1.54, 1.807) is 0 Å². The van der Waals surface area contributed by atoms with Gasteiger partial charge in [-0.2, -0.15) is 0 Å². The molecule has 2 aliphatic rings.